The van der Waals surface area contributed by atoms with E-state index in [1.165, 1.54) is 0 Å². The molecule has 1 fully saturated rings. The summed E-state index contributed by atoms with van der Waals surface area (Å²) in [6.07, 6.45) is 12.3. The first-order valence-corrected chi connectivity index (χ1v) is 10.8. The van der Waals surface area contributed by atoms with Gasteiger partial charge in [-0.05, 0) is 38.5 Å². The lowest BCUT2D eigenvalue weighted by Gasteiger charge is -2.24. The monoisotopic (exact) mass is 381 g/mol. The van der Waals surface area contributed by atoms with Gasteiger partial charge in [-0.3, -0.25) is 9.59 Å². The van der Waals surface area contributed by atoms with Crippen molar-refractivity contribution in [1.29, 1.82) is 0 Å². The minimum absolute atomic E-state index is 0.116. The number of hydrogen-bond acceptors (Lipinski definition) is 4. The number of likely N-dealkylation sites (tertiary alicyclic amines) is 1. The van der Waals surface area contributed by atoms with Gasteiger partial charge in [-0.25, -0.2) is 0 Å². The molecular weight excluding hydrogens is 342 g/mol. The van der Waals surface area contributed by atoms with Crippen molar-refractivity contribution in [3.63, 3.8) is 0 Å². The molecule has 0 aromatic heterocycles. The highest BCUT2D eigenvalue weighted by molar-refractivity contribution is 5.79. The number of ether oxygens (including phenoxy) is 1. The molecule has 27 heavy (non-hydrogen) atoms. The number of aliphatic hydroxyl groups is 1. The second-order valence-electron chi connectivity index (χ2n) is 7.73. The number of aliphatic hydroxyl groups excluding tert-OH is 1. The SMILES string of the molecule is CCCCCC(O)/C=C/C1CCC(=O)N1CCC(C)CCCC(=O)OCC. The van der Waals surface area contributed by atoms with Gasteiger partial charge >= 0.3 is 5.97 Å². The summed E-state index contributed by atoms with van der Waals surface area (Å²) < 4.78 is 4.95. The quantitative estimate of drug-likeness (QED) is 0.278. The van der Waals surface area contributed by atoms with Crippen LogP contribution in [0.5, 0.6) is 0 Å². The third kappa shape index (κ3) is 9.94. The Hall–Kier alpha value is -1.36. The maximum absolute atomic E-state index is 12.2. The predicted molar refractivity (Wildman–Crippen MR) is 108 cm³/mol. The first kappa shape index (κ1) is 23.7. The van der Waals surface area contributed by atoms with Gasteiger partial charge in [0.25, 0.3) is 0 Å². The standard InChI is InChI=1S/C22H39NO4/c1-4-6-7-10-20(24)14-12-19-13-15-21(25)23(19)17-16-18(3)9-8-11-22(26)27-5-2/h12,14,18-20,24H,4-11,13,15-17H2,1-3H3/b14-12+. The summed E-state index contributed by atoms with van der Waals surface area (Å²) in [5.74, 6) is 0.558. The van der Waals surface area contributed by atoms with Crippen LogP contribution in [0.1, 0.15) is 85.0 Å². The molecule has 5 nitrogen and oxygen atoms in total. The average Bonchev–Trinajstić information content (AvgIpc) is 2.98. The van der Waals surface area contributed by atoms with Crippen molar-refractivity contribution in [3.8, 4) is 0 Å². The van der Waals surface area contributed by atoms with Gasteiger partial charge < -0.3 is 14.7 Å². The highest BCUT2D eigenvalue weighted by Gasteiger charge is 2.29. The average molecular weight is 382 g/mol. The molecule has 0 aliphatic carbocycles. The van der Waals surface area contributed by atoms with E-state index in [1.807, 2.05) is 24.0 Å². The van der Waals surface area contributed by atoms with E-state index in [4.69, 9.17) is 4.74 Å². The van der Waals surface area contributed by atoms with E-state index >= 15 is 0 Å². The molecule has 3 atom stereocenters. The van der Waals surface area contributed by atoms with E-state index in [0.717, 1.165) is 57.9 Å². The summed E-state index contributed by atoms with van der Waals surface area (Å²) in [7, 11) is 0. The third-order valence-electron chi connectivity index (χ3n) is 5.28. The summed E-state index contributed by atoms with van der Waals surface area (Å²) in [6, 6.07) is 0.116. The summed E-state index contributed by atoms with van der Waals surface area (Å²) in [4.78, 5) is 25.5. The van der Waals surface area contributed by atoms with Crippen LogP contribution < -0.4 is 0 Å². The molecule has 0 bridgehead atoms. The highest BCUT2D eigenvalue weighted by Crippen LogP contribution is 2.23. The normalized spacial score (nSPS) is 19.6. The van der Waals surface area contributed by atoms with Crippen molar-refractivity contribution < 1.29 is 19.4 Å². The molecule has 1 saturated heterocycles. The lowest BCUT2D eigenvalue weighted by molar-refractivity contribution is -0.143. The Labute approximate surface area is 165 Å². The molecule has 5 heteroatoms. The number of hydrogen-bond donors (Lipinski definition) is 1. The zero-order chi connectivity index (χ0) is 20.1. The molecule has 1 aliphatic heterocycles. The molecule has 0 radical (unpaired) electrons. The summed E-state index contributed by atoms with van der Waals surface area (Å²) >= 11 is 0. The fraction of sp³-hybridized carbons (Fsp3) is 0.818. The third-order valence-corrected chi connectivity index (χ3v) is 5.28. The van der Waals surface area contributed by atoms with E-state index in [2.05, 4.69) is 13.8 Å². The number of rotatable bonds is 14. The summed E-state index contributed by atoms with van der Waals surface area (Å²) in [5, 5.41) is 10.1. The lowest BCUT2D eigenvalue weighted by Crippen LogP contribution is -2.33. The Kier molecular flexibility index (Phi) is 12.1. The largest absolute Gasteiger partial charge is 0.466 e. The van der Waals surface area contributed by atoms with E-state index in [0.29, 0.717) is 25.4 Å². The van der Waals surface area contributed by atoms with Crippen LogP contribution in [0.4, 0.5) is 0 Å². The minimum Gasteiger partial charge on any atom is -0.466 e. The van der Waals surface area contributed by atoms with Gasteiger partial charge in [-0.1, -0.05) is 51.7 Å². The van der Waals surface area contributed by atoms with Crippen LogP contribution in [0.3, 0.4) is 0 Å². The van der Waals surface area contributed by atoms with Crippen molar-refractivity contribution >= 4 is 11.9 Å². The smallest absolute Gasteiger partial charge is 0.305 e. The second-order valence-corrected chi connectivity index (χ2v) is 7.73. The van der Waals surface area contributed by atoms with Gasteiger partial charge in [0.15, 0.2) is 0 Å². The van der Waals surface area contributed by atoms with E-state index < -0.39 is 6.10 Å². The van der Waals surface area contributed by atoms with Gasteiger partial charge in [0.05, 0.1) is 18.8 Å². The van der Waals surface area contributed by atoms with Gasteiger partial charge in [0.1, 0.15) is 0 Å². The predicted octanol–water partition coefficient (Wildman–Crippen LogP) is 4.23. The molecule has 3 unspecified atom stereocenters. The molecule has 0 spiro atoms. The van der Waals surface area contributed by atoms with Crippen LogP contribution in [0.15, 0.2) is 12.2 Å². The summed E-state index contributed by atoms with van der Waals surface area (Å²) in [5.41, 5.74) is 0. The number of esters is 1. The van der Waals surface area contributed by atoms with Crippen LogP contribution in [0.25, 0.3) is 0 Å². The Morgan fingerprint density at radius 2 is 2.04 bits per heavy atom. The van der Waals surface area contributed by atoms with Gasteiger partial charge in [0, 0.05) is 19.4 Å². The number of carbonyl (C=O) groups is 2. The molecule has 1 N–H and O–H groups in total. The molecule has 0 aromatic rings. The van der Waals surface area contributed by atoms with Crippen molar-refractivity contribution in [2.24, 2.45) is 5.92 Å². The van der Waals surface area contributed by atoms with Gasteiger partial charge in [-0.15, -0.1) is 0 Å². The fourth-order valence-electron chi connectivity index (χ4n) is 3.53. The maximum atomic E-state index is 12.2. The molecule has 0 aromatic carbocycles. The first-order valence-electron chi connectivity index (χ1n) is 10.8. The topological polar surface area (TPSA) is 66.8 Å². The number of amides is 1. The van der Waals surface area contributed by atoms with Crippen LogP contribution in [0, 0.1) is 5.92 Å². The van der Waals surface area contributed by atoms with E-state index in [-0.39, 0.29) is 17.9 Å². The molecule has 1 heterocycles. The van der Waals surface area contributed by atoms with E-state index in [9.17, 15) is 14.7 Å². The van der Waals surface area contributed by atoms with Gasteiger partial charge in [0.2, 0.25) is 5.91 Å². The molecule has 0 saturated carbocycles. The minimum atomic E-state index is -0.407. The zero-order valence-corrected chi connectivity index (χ0v) is 17.5. The fourth-order valence-corrected chi connectivity index (χ4v) is 3.53. The lowest BCUT2D eigenvalue weighted by atomic mass is 10.00. The van der Waals surface area contributed by atoms with Gasteiger partial charge in [-0.2, -0.15) is 0 Å². The number of unbranched alkanes of at least 4 members (excludes halogenated alkanes) is 2. The molecule has 1 amide bonds. The zero-order valence-electron chi connectivity index (χ0n) is 17.5. The van der Waals surface area contributed by atoms with Crippen LogP contribution >= 0.6 is 0 Å². The maximum Gasteiger partial charge on any atom is 0.305 e. The van der Waals surface area contributed by atoms with Crippen molar-refractivity contribution in [2.75, 3.05) is 13.2 Å². The Morgan fingerprint density at radius 3 is 2.74 bits per heavy atom. The molecule has 156 valence electrons. The van der Waals surface area contributed by atoms with E-state index in [1.54, 1.807) is 0 Å². The van der Waals surface area contributed by atoms with Crippen molar-refractivity contribution in [2.45, 2.75) is 97.1 Å². The second kappa shape index (κ2) is 13.8. The molecule has 1 rings (SSSR count). The highest BCUT2D eigenvalue weighted by atomic mass is 16.5. The Bertz CT molecular complexity index is 463. The first-order chi connectivity index (χ1) is 13.0. The Balaban J connectivity index is 2.34. The van der Waals surface area contributed by atoms with Crippen molar-refractivity contribution in [3.05, 3.63) is 12.2 Å². The van der Waals surface area contributed by atoms with Crippen LogP contribution in [-0.2, 0) is 14.3 Å². The molecule has 1 aliphatic rings. The van der Waals surface area contributed by atoms with Crippen molar-refractivity contribution in [1.82, 2.24) is 4.90 Å². The Morgan fingerprint density at radius 1 is 1.26 bits per heavy atom. The number of nitrogens with zero attached hydrogens (tertiary/aromatic N) is 1. The van der Waals surface area contributed by atoms with Crippen LogP contribution in [0.2, 0.25) is 0 Å². The summed E-state index contributed by atoms with van der Waals surface area (Å²) in [6.45, 7) is 7.34. The van der Waals surface area contributed by atoms with Crippen LogP contribution in [-0.4, -0.2) is 47.2 Å². The molecular formula is C22H39NO4. The number of carbonyl (C=O) groups excluding carboxylic acids is 2.